The second-order valence-corrected chi connectivity index (χ2v) is 8.74. The molecule has 2 nitrogen and oxygen atoms in total. The normalized spacial score (nSPS) is 19.8. The molecule has 0 radical (unpaired) electrons. The number of rotatable bonds is 2. The summed E-state index contributed by atoms with van der Waals surface area (Å²) in [6.45, 7) is 0.199. The Morgan fingerprint density at radius 1 is 1.00 bits per heavy atom. The molecular weight excluding hydrogens is 420 g/mol. The topological polar surface area (TPSA) is 24.4 Å². The van der Waals surface area contributed by atoms with Gasteiger partial charge in [-0.05, 0) is 54.7 Å². The van der Waals surface area contributed by atoms with Gasteiger partial charge < -0.3 is 5.32 Å². The first-order valence-electron chi connectivity index (χ1n) is 9.73. The first kappa shape index (κ1) is 20.5. The summed E-state index contributed by atoms with van der Waals surface area (Å²) < 4.78 is 39.0. The largest absolute Gasteiger partial charge is 0.416 e. The molecule has 0 atom stereocenters. The Morgan fingerprint density at radius 2 is 1.72 bits per heavy atom. The van der Waals surface area contributed by atoms with Crippen LogP contribution in [-0.4, -0.2) is 5.84 Å². The third-order valence-electron chi connectivity index (χ3n) is 5.92. The predicted octanol–water partition coefficient (Wildman–Crippen LogP) is 7.53. The summed E-state index contributed by atoms with van der Waals surface area (Å²) in [6.07, 6.45) is 1.88. The molecule has 0 amide bonds. The standard InChI is InChI=1S/C22H21Cl2F3N2/c23-17-10-15-12-21(7-2-1-3-8-21)20(29-19(15)11-18(17)24)28-13-14-5-4-6-16(9-14)22(25,26)27/h4-6,9-11H,1-3,7-8,12-13H2,(H,28,29). The zero-order chi connectivity index (χ0) is 20.6. The lowest BCUT2D eigenvalue weighted by Crippen LogP contribution is -2.43. The van der Waals surface area contributed by atoms with Gasteiger partial charge in [0, 0.05) is 11.1 Å². The summed E-state index contributed by atoms with van der Waals surface area (Å²) in [6, 6.07) is 9.08. The van der Waals surface area contributed by atoms with Crippen LogP contribution in [0.4, 0.5) is 18.9 Å². The minimum atomic E-state index is -4.36. The molecule has 0 unspecified atom stereocenters. The van der Waals surface area contributed by atoms with Crippen molar-refractivity contribution in [3.05, 3.63) is 63.1 Å². The van der Waals surface area contributed by atoms with Crippen LogP contribution < -0.4 is 5.32 Å². The van der Waals surface area contributed by atoms with Gasteiger partial charge >= 0.3 is 6.18 Å². The van der Waals surface area contributed by atoms with Crippen LogP contribution in [0.5, 0.6) is 0 Å². The zero-order valence-corrected chi connectivity index (χ0v) is 17.3. The van der Waals surface area contributed by atoms with Gasteiger partial charge in [-0.3, -0.25) is 4.99 Å². The average molecular weight is 441 g/mol. The van der Waals surface area contributed by atoms with E-state index in [4.69, 9.17) is 28.2 Å². The number of amidine groups is 1. The van der Waals surface area contributed by atoms with Gasteiger partial charge in [0.05, 0.1) is 22.2 Å². The van der Waals surface area contributed by atoms with Crippen molar-refractivity contribution in [2.45, 2.75) is 51.2 Å². The number of hydrogen-bond acceptors (Lipinski definition) is 1. The molecule has 1 fully saturated rings. The van der Waals surface area contributed by atoms with E-state index < -0.39 is 11.7 Å². The van der Waals surface area contributed by atoms with Crippen molar-refractivity contribution >= 4 is 34.7 Å². The second-order valence-electron chi connectivity index (χ2n) is 7.93. The van der Waals surface area contributed by atoms with E-state index in [1.165, 1.54) is 18.6 Å². The van der Waals surface area contributed by atoms with E-state index in [9.17, 15) is 13.2 Å². The summed E-state index contributed by atoms with van der Waals surface area (Å²) in [5, 5.41) is 4.42. The zero-order valence-electron chi connectivity index (χ0n) is 15.8. The summed E-state index contributed by atoms with van der Waals surface area (Å²) >= 11 is 12.4. The average Bonchev–Trinajstić information content (AvgIpc) is 2.68. The first-order valence-corrected chi connectivity index (χ1v) is 10.5. The summed E-state index contributed by atoms with van der Waals surface area (Å²) in [5.41, 5.74) is 1.76. The van der Waals surface area contributed by atoms with Crippen molar-refractivity contribution in [1.82, 2.24) is 0 Å². The highest BCUT2D eigenvalue weighted by Gasteiger charge is 2.41. The van der Waals surface area contributed by atoms with E-state index >= 15 is 0 Å². The van der Waals surface area contributed by atoms with Crippen LogP contribution in [0.3, 0.4) is 0 Å². The van der Waals surface area contributed by atoms with Gasteiger partial charge in [-0.15, -0.1) is 0 Å². The third kappa shape index (κ3) is 4.26. The lowest BCUT2D eigenvalue weighted by atomic mass is 9.67. The van der Waals surface area contributed by atoms with Crippen LogP contribution in [0.25, 0.3) is 0 Å². The van der Waals surface area contributed by atoms with E-state index in [2.05, 4.69) is 5.32 Å². The smallest absolute Gasteiger partial charge is 0.343 e. The minimum absolute atomic E-state index is 0.121. The minimum Gasteiger partial charge on any atom is -0.343 e. The lowest BCUT2D eigenvalue weighted by molar-refractivity contribution is -0.137. The Kier molecular flexibility index (Phi) is 5.56. The van der Waals surface area contributed by atoms with Crippen LogP contribution in [0, 0.1) is 5.41 Å². The number of aliphatic imine (C=N–C) groups is 1. The molecule has 2 aliphatic rings. The predicted molar refractivity (Wildman–Crippen MR) is 112 cm³/mol. The van der Waals surface area contributed by atoms with Gasteiger partial charge in [-0.25, -0.2) is 0 Å². The van der Waals surface area contributed by atoms with Crippen LogP contribution >= 0.6 is 23.2 Å². The molecule has 2 aromatic carbocycles. The molecule has 2 aromatic rings. The Labute approximate surface area is 178 Å². The number of halogens is 5. The van der Waals surface area contributed by atoms with E-state index in [-0.39, 0.29) is 12.0 Å². The fraction of sp³-hybridized carbons (Fsp3) is 0.409. The van der Waals surface area contributed by atoms with Crippen LogP contribution in [-0.2, 0) is 19.1 Å². The molecule has 1 heterocycles. The molecule has 154 valence electrons. The number of nitrogens with one attached hydrogen (secondary N) is 1. The first-order chi connectivity index (χ1) is 13.8. The molecule has 0 saturated heterocycles. The van der Waals surface area contributed by atoms with E-state index in [1.807, 2.05) is 6.07 Å². The monoisotopic (exact) mass is 440 g/mol. The van der Waals surface area contributed by atoms with Gasteiger partial charge in [-0.1, -0.05) is 54.6 Å². The molecule has 1 aliphatic heterocycles. The van der Waals surface area contributed by atoms with Gasteiger partial charge in [-0.2, -0.15) is 13.2 Å². The second kappa shape index (κ2) is 7.84. The van der Waals surface area contributed by atoms with Crippen molar-refractivity contribution in [3.8, 4) is 0 Å². The number of fused-ring (bicyclic) bond motifs is 1. The van der Waals surface area contributed by atoms with E-state index in [1.54, 1.807) is 12.1 Å². The summed E-state index contributed by atoms with van der Waals surface area (Å²) in [7, 11) is 0. The maximum absolute atomic E-state index is 13.0. The molecule has 29 heavy (non-hydrogen) atoms. The number of anilines is 1. The number of nitrogens with zero attached hydrogens (tertiary/aromatic N) is 1. The Bertz CT molecular complexity index is 948. The lowest BCUT2D eigenvalue weighted by Gasteiger charge is -2.42. The Hall–Kier alpha value is -1.72. The molecule has 1 saturated carbocycles. The van der Waals surface area contributed by atoms with E-state index in [0.717, 1.165) is 55.3 Å². The Morgan fingerprint density at radius 3 is 2.45 bits per heavy atom. The maximum atomic E-state index is 13.0. The van der Waals surface area contributed by atoms with Gasteiger partial charge in [0.2, 0.25) is 0 Å². The van der Waals surface area contributed by atoms with Gasteiger partial charge in [0.1, 0.15) is 5.84 Å². The molecular formula is C22H21Cl2F3N2. The van der Waals surface area contributed by atoms with Gasteiger partial charge in [0.15, 0.2) is 0 Å². The van der Waals surface area contributed by atoms with Crippen molar-refractivity contribution < 1.29 is 13.2 Å². The van der Waals surface area contributed by atoms with Crippen LogP contribution in [0.15, 0.2) is 41.4 Å². The molecule has 7 heteroatoms. The summed E-state index contributed by atoms with van der Waals surface area (Å²) in [4.78, 5) is 4.77. The number of benzene rings is 2. The highest BCUT2D eigenvalue weighted by molar-refractivity contribution is 6.42. The SMILES string of the molecule is FC(F)(F)c1cccc(CN=C2Nc3cc(Cl)c(Cl)cc3CC23CCCCC3)c1. The quantitative estimate of drug-likeness (QED) is 0.512. The van der Waals surface area contributed by atoms with Crippen molar-refractivity contribution in [1.29, 1.82) is 0 Å². The molecule has 1 aliphatic carbocycles. The van der Waals surface area contributed by atoms with Crippen molar-refractivity contribution in [2.24, 2.45) is 10.4 Å². The van der Waals surface area contributed by atoms with Crippen LogP contribution in [0.2, 0.25) is 10.0 Å². The van der Waals surface area contributed by atoms with Crippen molar-refractivity contribution in [2.75, 3.05) is 5.32 Å². The fourth-order valence-corrected chi connectivity index (χ4v) is 4.77. The molecule has 0 bridgehead atoms. The molecule has 0 aromatic heterocycles. The van der Waals surface area contributed by atoms with Crippen LogP contribution in [0.1, 0.15) is 48.8 Å². The third-order valence-corrected chi connectivity index (χ3v) is 6.64. The van der Waals surface area contributed by atoms with Gasteiger partial charge in [0.25, 0.3) is 0 Å². The van der Waals surface area contributed by atoms with Crippen molar-refractivity contribution in [3.63, 3.8) is 0 Å². The van der Waals surface area contributed by atoms with E-state index in [0.29, 0.717) is 15.6 Å². The molecule has 4 rings (SSSR count). The number of hydrogen-bond donors (Lipinski definition) is 1. The maximum Gasteiger partial charge on any atom is 0.416 e. The molecule has 1 spiro atoms. The highest BCUT2D eigenvalue weighted by atomic mass is 35.5. The summed E-state index contributed by atoms with van der Waals surface area (Å²) in [5.74, 6) is 0.848. The fourth-order valence-electron chi connectivity index (χ4n) is 4.42. The highest BCUT2D eigenvalue weighted by Crippen LogP contribution is 2.46. The molecule has 1 N–H and O–H groups in total. The number of alkyl halides is 3. The Balaban J connectivity index is 1.67.